The Kier molecular flexibility index (Phi) is 5.93. The van der Waals surface area contributed by atoms with Gasteiger partial charge in [0, 0.05) is 24.3 Å². The Hall–Kier alpha value is -2.40. The average molecular weight is 328 g/mol. The van der Waals surface area contributed by atoms with Crippen molar-refractivity contribution in [2.75, 3.05) is 18.4 Å². The van der Waals surface area contributed by atoms with E-state index in [4.69, 9.17) is 0 Å². The molecule has 5 heteroatoms. The van der Waals surface area contributed by atoms with Gasteiger partial charge in [-0.05, 0) is 49.9 Å². The van der Waals surface area contributed by atoms with Crippen molar-refractivity contribution in [1.82, 2.24) is 4.90 Å². The number of nitrogens with one attached hydrogen (secondary N) is 1. The summed E-state index contributed by atoms with van der Waals surface area (Å²) in [6, 6.07) is 6.67. The first kappa shape index (κ1) is 17.9. The van der Waals surface area contributed by atoms with Gasteiger partial charge in [0.2, 0.25) is 0 Å². The van der Waals surface area contributed by atoms with E-state index in [-0.39, 0.29) is 11.8 Å². The lowest BCUT2D eigenvalue weighted by molar-refractivity contribution is -0.133. The largest absolute Gasteiger partial charge is 0.380 e. The van der Waals surface area contributed by atoms with E-state index < -0.39 is 5.60 Å². The summed E-state index contributed by atoms with van der Waals surface area (Å²) in [7, 11) is 0. The van der Waals surface area contributed by atoms with Gasteiger partial charge in [-0.15, -0.1) is 13.2 Å². The van der Waals surface area contributed by atoms with Gasteiger partial charge in [-0.2, -0.15) is 0 Å². The lowest BCUT2D eigenvalue weighted by Crippen LogP contribution is -2.40. The van der Waals surface area contributed by atoms with Crippen LogP contribution in [-0.2, 0) is 4.79 Å². The summed E-state index contributed by atoms with van der Waals surface area (Å²) in [5.74, 6) is -0.499. The number of hydrogen-bond donors (Lipinski definition) is 2. The highest BCUT2D eigenvalue weighted by atomic mass is 16.3. The van der Waals surface area contributed by atoms with Crippen molar-refractivity contribution in [2.24, 2.45) is 0 Å². The van der Waals surface area contributed by atoms with Crippen molar-refractivity contribution in [3.63, 3.8) is 0 Å². The van der Waals surface area contributed by atoms with Crippen molar-refractivity contribution < 1.29 is 14.7 Å². The van der Waals surface area contributed by atoms with Gasteiger partial charge in [-0.25, -0.2) is 0 Å². The molecule has 0 spiro atoms. The number of carbonyl (C=O) groups is 2. The molecule has 0 heterocycles. The second kappa shape index (κ2) is 7.93. The molecule has 2 amide bonds. The first-order valence-electron chi connectivity index (χ1n) is 8.15. The number of rotatable bonds is 7. The van der Waals surface area contributed by atoms with Crippen molar-refractivity contribution in [1.29, 1.82) is 0 Å². The molecule has 0 radical (unpaired) electrons. The third kappa shape index (κ3) is 4.11. The Balaban J connectivity index is 2.04. The molecule has 1 saturated carbocycles. The van der Waals surface area contributed by atoms with E-state index in [1.165, 1.54) is 0 Å². The smallest absolute Gasteiger partial charge is 0.256 e. The zero-order valence-corrected chi connectivity index (χ0v) is 13.8. The van der Waals surface area contributed by atoms with Crippen LogP contribution in [0.3, 0.4) is 0 Å². The number of nitrogens with zero attached hydrogens (tertiary/aromatic N) is 1. The first-order valence-corrected chi connectivity index (χ1v) is 8.15. The van der Waals surface area contributed by atoms with E-state index in [9.17, 15) is 14.7 Å². The predicted molar refractivity (Wildman–Crippen MR) is 94.8 cm³/mol. The molecule has 1 aliphatic rings. The Labute approximate surface area is 142 Å². The minimum atomic E-state index is -1.26. The van der Waals surface area contributed by atoms with Gasteiger partial charge >= 0.3 is 0 Å². The van der Waals surface area contributed by atoms with Gasteiger partial charge in [-0.3, -0.25) is 9.59 Å². The summed E-state index contributed by atoms with van der Waals surface area (Å²) in [6.07, 6.45) is 6.04. The van der Waals surface area contributed by atoms with Gasteiger partial charge in [0.25, 0.3) is 11.8 Å². The van der Waals surface area contributed by atoms with Crippen LogP contribution in [0.5, 0.6) is 0 Å². The summed E-state index contributed by atoms with van der Waals surface area (Å²) in [4.78, 5) is 26.2. The third-order valence-electron chi connectivity index (χ3n) is 4.23. The van der Waals surface area contributed by atoms with Gasteiger partial charge in [-0.1, -0.05) is 12.2 Å². The molecule has 5 nitrogen and oxygen atoms in total. The number of anilines is 1. The van der Waals surface area contributed by atoms with Crippen LogP contribution in [0.15, 0.2) is 49.6 Å². The first-order chi connectivity index (χ1) is 11.5. The highest BCUT2D eigenvalue weighted by Crippen LogP contribution is 2.30. The third-order valence-corrected chi connectivity index (χ3v) is 4.23. The molecular weight excluding hydrogens is 304 g/mol. The van der Waals surface area contributed by atoms with Gasteiger partial charge in [0.15, 0.2) is 0 Å². The molecule has 24 heavy (non-hydrogen) atoms. The van der Waals surface area contributed by atoms with Crippen LogP contribution in [0.1, 0.15) is 36.0 Å². The summed E-state index contributed by atoms with van der Waals surface area (Å²) in [6.45, 7) is 8.18. The van der Waals surface area contributed by atoms with E-state index in [1.807, 2.05) is 0 Å². The Morgan fingerprint density at radius 2 is 1.67 bits per heavy atom. The van der Waals surface area contributed by atoms with Gasteiger partial charge in [0.1, 0.15) is 5.60 Å². The number of carbonyl (C=O) groups excluding carboxylic acids is 2. The molecule has 1 aromatic rings. The van der Waals surface area contributed by atoms with Gasteiger partial charge in [0.05, 0.1) is 0 Å². The normalized spacial score (nSPS) is 15.5. The standard InChI is InChI=1S/C19H24N2O3/c1-3-13-21(14-4-2)17(22)15-7-9-16(10-8-15)20-18(23)19(24)11-5-6-12-19/h3-4,7-10,24H,1-2,5-6,11-14H2,(H,20,23). The highest BCUT2D eigenvalue weighted by molar-refractivity contribution is 5.98. The van der Waals surface area contributed by atoms with Crippen molar-refractivity contribution in [3.05, 3.63) is 55.1 Å². The monoisotopic (exact) mass is 328 g/mol. The van der Waals surface area contributed by atoms with Crippen LogP contribution in [0.2, 0.25) is 0 Å². The summed E-state index contributed by atoms with van der Waals surface area (Å²) in [5, 5.41) is 13.0. The molecule has 1 aromatic carbocycles. The minimum absolute atomic E-state index is 0.123. The van der Waals surface area contributed by atoms with Crippen molar-refractivity contribution in [2.45, 2.75) is 31.3 Å². The number of hydrogen-bond acceptors (Lipinski definition) is 3. The Morgan fingerprint density at radius 1 is 1.12 bits per heavy atom. The van der Waals surface area contributed by atoms with Crippen molar-refractivity contribution in [3.8, 4) is 0 Å². The number of amides is 2. The average Bonchev–Trinajstić information content (AvgIpc) is 3.03. The maximum Gasteiger partial charge on any atom is 0.256 e. The minimum Gasteiger partial charge on any atom is -0.380 e. The molecule has 128 valence electrons. The fraction of sp³-hybridized carbons (Fsp3) is 0.368. The summed E-state index contributed by atoms with van der Waals surface area (Å²) >= 11 is 0. The molecule has 0 saturated heterocycles. The molecule has 0 unspecified atom stereocenters. The maximum absolute atomic E-state index is 12.4. The fourth-order valence-electron chi connectivity index (χ4n) is 2.87. The molecule has 0 aliphatic heterocycles. The molecule has 0 bridgehead atoms. The zero-order chi connectivity index (χ0) is 17.6. The molecule has 1 aliphatic carbocycles. The summed E-state index contributed by atoms with van der Waals surface area (Å²) in [5.41, 5.74) is -0.175. The molecule has 0 atom stereocenters. The molecule has 2 rings (SSSR count). The van der Waals surface area contributed by atoms with Crippen LogP contribution in [0.25, 0.3) is 0 Å². The maximum atomic E-state index is 12.4. The van der Waals surface area contributed by atoms with Crippen LogP contribution < -0.4 is 5.32 Å². The van der Waals surface area contributed by atoms with Crippen LogP contribution in [0, 0.1) is 0 Å². The zero-order valence-electron chi connectivity index (χ0n) is 13.8. The SMILES string of the molecule is C=CCN(CC=C)C(=O)c1ccc(NC(=O)C2(O)CCCC2)cc1. The van der Waals surface area contributed by atoms with Crippen molar-refractivity contribution >= 4 is 17.5 Å². The topological polar surface area (TPSA) is 69.6 Å². The Morgan fingerprint density at radius 3 is 2.17 bits per heavy atom. The van der Waals surface area contributed by atoms with E-state index in [2.05, 4.69) is 18.5 Å². The molecule has 1 fully saturated rings. The summed E-state index contributed by atoms with van der Waals surface area (Å²) < 4.78 is 0. The van der Waals surface area contributed by atoms with Crippen LogP contribution in [0.4, 0.5) is 5.69 Å². The fourth-order valence-corrected chi connectivity index (χ4v) is 2.87. The number of aliphatic hydroxyl groups is 1. The lowest BCUT2D eigenvalue weighted by Gasteiger charge is -2.21. The van der Waals surface area contributed by atoms with Crippen LogP contribution in [-0.4, -0.2) is 40.5 Å². The highest BCUT2D eigenvalue weighted by Gasteiger charge is 2.38. The van der Waals surface area contributed by atoms with E-state index in [0.717, 1.165) is 12.8 Å². The molecule has 0 aromatic heterocycles. The van der Waals surface area contributed by atoms with E-state index >= 15 is 0 Å². The molecular formula is C19H24N2O3. The number of benzene rings is 1. The Bertz CT molecular complexity index is 606. The van der Waals surface area contributed by atoms with E-state index in [1.54, 1.807) is 41.3 Å². The quantitative estimate of drug-likeness (QED) is 0.756. The molecule has 2 N–H and O–H groups in total. The van der Waals surface area contributed by atoms with E-state index in [0.29, 0.717) is 37.2 Å². The van der Waals surface area contributed by atoms with Crippen LogP contribution >= 0.6 is 0 Å². The van der Waals surface area contributed by atoms with Gasteiger partial charge < -0.3 is 15.3 Å². The second-order valence-electron chi connectivity index (χ2n) is 6.06. The predicted octanol–water partition coefficient (Wildman–Crippen LogP) is 2.74. The lowest BCUT2D eigenvalue weighted by atomic mass is 10.0. The second-order valence-corrected chi connectivity index (χ2v) is 6.06.